The van der Waals surface area contributed by atoms with Gasteiger partial charge in [-0.1, -0.05) is 211 Å². The maximum atomic E-state index is 12.4. The second-order valence-corrected chi connectivity index (χ2v) is 14.9. The Morgan fingerprint density at radius 3 is 1.22 bits per heavy atom. The summed E-state index contributed by atoms with van der Waals surface area (Å²) in [6.45, 7) is 4.13. The summed E-state index contributed by atoms with van der Waals surface area (Å²) in [6, 6.07) is -0.817. The van der Waals surface area contributed by atoms with Gasteiger partial charge in [0.1, 0.15) is 6.10 Å². The second-order valence-electron chi connectivity index (χ2n) is 14.9. The lowest BCUT2D eigenvalue weighted by molar-refractivity contribution is -0.131. The molecule has 0 aliphatic rings. The van der Waals surface area contributed by atoms with Crippen molar-refractivity contribution in [3.05, 3.63) is 36.5 Å². The van der Waals surface area contributed by atoms with Crippen LogP contribution in [0.15, 0.2) is 36.5 Å². The number of hydrogen-bond donors (Lipinski definition) is 4. The highest BCUT2D eigenvalue weighted by Gasteiger charge is 2.22. The summed E-state index contributed by atoms with van der Waals surface area (Å²) in [7, 11) is 0. The van der Waals surface area contributed by atoms with E-state index >= 15 is 0 Å². The monoisotopic (exact) mass is 704 g/mol. The number of amides is 1. The van der Waals surface area contributed by atoms with Gasteiger partial charge in [-0.05, 0) is 44.9 Å². The molecule has 0 saturated carbocycles. The first kappa shape index (κ1) is 48.6. The third-order valence-electron chi connectivity index (χ3n) is 9.96. The molecule has 50 heavy (non-hydrogen) atoms. The van der Waals surface area contributed by atoms with Crippen molar-refractivity contribution >= 4 is 5.91 Å². The number of carbonyl (C=O) groups is 1. The molecular weight excluding hydrogens is 618 g/mol. The Balaban J connectivity index is 3.64. The molecule has 0 aliphatic heterocycles. The Bertz CT molecular complexity index is 779. The van der Waals surface area contributed by atoms with Gasteiger partial charge in [-0.3, -0.25) is 4.79 Å². The molecule has 294 valence electrons. The zero-order chi connectivity index (χ0) is 36.6. The van der Waals surface area contributed by atoms with Crippen LogP contribution in [-0.2, 0) is 4.79 Å². The van der Waals surface area contributed by atoms with E-state index in [0.29, 0.717) is 6.42 Å². The van der Waals surface area contributed by atoms with Gasteiger partial charge in [0.05, 0.1) is 18.8 Å². The zero-order valence-corrected chi connectivity index (χ0v) is 33.3. The van der Waals surface area contributed by atoms with Gasteiger partial charge < -0.3 is 20.6 Å². The van der Waals surface area contributed by atoms with E-state index in [1.807, 2.05) is 6.08 Å². The van der Waals surface area contributed by atoms with Gasteiger partial charge in [0.15, 0.2) is 0 Å². The van der Waals surface area contributed by atoms with Crippen molar-refractivity contribution in [2.45, 2.75) is 238 Å². The molecule has 1 amide bonds. The number of carbonyl (C=O) groups excluding carboxylic acids is 1. The maximum Gasteiger partial charge on any atom is 0.249 e. The van der Waals surface area contributed by atoms with Crippen molar-refractivity contribution in [3.8, 4) is 0 Å². The first-order valence-corrected chi connectivity index (χ1v) is 21.8. The Morgan fingerprint density at radius 1 is 0.480 bits per heavy atom. The minimum Gasteiger partial charge on any atom is -0.394 e. The molecule has 0 aliphatic carbocycles. The van der Waals surface area contributed by atoms with E-state index in [9.17, 15) is 20.1 Å². The van der Waals surface area contributed by atoms with E-state index in [1.165, 1.54) is 154 Å². The van der Waals surface area contributed by atoms with Crippen molar-refractivity contribution in [1.29, 1.82) is 0 Å². The van der Waals surface area contributed by atoms with Crippen molar-refractivity contribution in [2.75, 3.05) is 6.61 Å². The van der Waals surface area contributed by atoms with Crippen LogP contribution in [0.25, 0.3) is 0 Å². The van der Waals surface area contributed by atoms with E-state index < -0.39 is 24.2 Å². The lowest BCUT2D eigenvalue weighted by Gasteiger charge is -2.21. The highest BCUT2D eigenvalue weighted by Crippen LogP contribution is 2.16. The molecule has 5 heteroatoms. The summed E-state index contributed by atoms with van der Waals surface area (Å²) < 4.78 is 0. The lowest BCUT2D eigenvalue weighted by atomic mass is 10.0. The van der Waals surface area contributed by atoms with Crippen LogP contribution in [0, 0.1) is 0 Å². The topological polar surface area (TPSA) is 89.8 Å². The average Bonchev–Trinajstić information content (AvgIpc) is 3.12. The predicted molar refractivity (Wildman–Crippen MR) is 218 cm³/mol. The molecule has 0 fully saturated rings. The number of aliphatic hydroxyl groups is 3. The van der Waals surface area contributed by atoms with Gasteiger partial charge in [-0.15, -0.1) is 0 Å². The first-order chi connectivity index (χ1) is 24.6. The van der Waals surface area contributed by atoms with Crippen molar-refractivity contribution in [3.63, 3.8) is 0 Å². The van der Waals surface area contributed by atoms with Crippen LogP contribution < -0.4 is 5.32 Å². The molecule has 0 aromatic heterocycles. The van der Waals surface area contributed by atoms with Gasteiger partial charge in [-0.2, -0.15) is 0 Å². The fourth-order valence-corrected chi connectivity index (χ4v) is 6.51. The zero-order valence-electron chi connectivity index (χ0n) is 33.3. The molecule has 3 atom stereocenters. The summed E-state index contributed by atoms with van der Waals surface area (Å²) in [5.74, 6) is -0.516. The van der Waals surface area contributed by atoms with Crippen molar-refractivity contribution in [1.82, 2.24) is 5.32 Å². The molecule has 4 N–H and O–H groups in total. The van der Waals surface area contributed by atoms with Crippen molar-refractivity contribution in [2.24, 2.45) is 0 Å². The second kappa shape index (κ2) is 40.3. The lowest BCUT2D eigenvalue weighted by Crippen LogP contribution is -2.48. The molecule has 0 aromatic carbocycles. The van der Waals surface area contributed by atoms with E-state index in [0.717, 1.165) is 44.9 Å². The maximum absolute atomic E-state index is 12.4. The normalized spacial score (nSPS) is 13.9. The van der Waals surface area contributed by atoms with Gasteiger partial charge in [0, 0.05) is 0 Å². The molecule has 0 aromatic rings. The quantitative estimate of drug-likeness (QED) is 0.0379. The van der Waals surface area contributed by atoms with Crippen LogP contribution >= 0.6 is 0 Å². The Labute approximate surface area is 311 Å². The molecule has 3 unspecified atom stereocenters. The average molecular weight is 704 g/mol. The van der Waals surface area contributed by atoms with Crippen LogP contribution in [0.1, 0.15) is 219 Å². The molecule has 0 heterocycles. The number of allylic oxidation sites excluding steroid dienone is 5. The SMILES string of the molecule is CCCCC/C=C/CC/C=C/CC/C=C/C(O)C(CO)NC(=O)C(O)CCCCCCCCCCCCCCCCCCCCCCCCC. The fourth-order valence-electron chi connectivity index (χ4n) is 6.51. The number of unbranched alkanes of at least 4 members (excludes halogenated alkanes) is 27. The van der Waals surface area contributed by atoms with E-state index in [-0.39, 0.29) is 6.61 Å². The Morgan fingerprint density at radius 2 is 0.820 bits per heavy atom. The number of nitrogens with one attached hydrogen (secondary N) is 1. The van der Waals surface area contributed by atoms with E-state index in [4.69, 9.17) is 0 Å². The summed E-state index contributed by atoms with van der Waals surface area (Å²) in [5.41, 5.74) is 0. The predicted octanol–water partition coefficient (Wildman–Crippen LogP) is 12.4. The first-order valence-electron chi connectivity index (χ1n) is 21.8. The molecular formula is C45H85NO4. The minimum atomic E-state index is -1.11. The molecule has 0 saturated heterocycles. The third-order valence-corrected chi connectivity index (χ3v) is 9.96. The van der Waals surface area contributed by atoms with Crippen LogP contribution in [0.5, 0.6) is 0 Å². The number of hydrogen-bond acceptors (Lipinski definition) is 4. The molecule has 0 bridgehead atoms. The van der Waals surface area contributed by atoms with Crippen molar-refractivity contribution < 1.29 is 20.1 Å². The van der Waals surface area contributed by atoms with Crippen LogP contribution in [0.3, 0.4) is 0 Å². The smallest absolute Gasteiger partial charge is 0.249 e. The summed E-state index contributed by atoms with van der Waals surface area (Å²) >= 11 is 0. The Hall–Kier alpha value is -1.43. The number of aliphatic hydroxyl groups excluding tert-OH is 3. The van der Waals surface area contributed by atoms with Crippen LogP contribution in [-0.4, -0.2) is 46.1 Å². The van der Waals surface area contributed by atoms with Crippen LogP contribution in [0.2, 0.25) is 0 Å². The van der Waals surface area contributed by atoms with Crippen LogP contribution in [0.4, 0.5) is 0 Å². The van der Waals surface area contributed by atoms with Gasteiger partial charge in [0.25, 0.3) is 0 Å². The molecule has 5 nitrogen and oxygen atoms in total. The summed E-state index contributed by atoms with van der Waals surface area (Å²) in [4.78, 5) is 12.4. The summed E-state index contributed by atoms with van der Waals surface area (Å²) in [5, 5.41) is 33.0. The van der Waals surface area contributed by atoms with Gasteiger partial charge in [0.2, 0.25) is 5.91 Å². The fraction of sp³-hybridized carbons (Fsp3) is 0.844. The molecule has 0 rings (SSSR count). The van der Waals surface area contributed by atoms with Gasteiger partial charge in [-0.25, -0.2) is 0 Å². The molecule has 0 radical (unpaired) electrons. The Kier molecular flexibility index (Phi) is 39.2. The largest absolute Gasteiger partial charge is 0.394 e. The summed E-state index contributed by atoms with van der Waals surface area (Å²) in [6.07, 6.45) is 50.4. The van der Waals surface area contributed by atoms with E-state index in [1.54, 1.807) is 6.08 Å². The minimum absolute atomic E-state index is 0.380. The van der Waals surface area contributed by atoms with Gasteiger partial charge >= 0.3 is 0 Å². The highest BCUT2D eigenvalue weighted by atomic mass is 16.3. The molecule has 0 spiro atoms. The number of rotatable bonds is 39. The van der Waals surface area contributed by atoms with E-state index in [2.05, 4.69) is 43.5 Å². The standard InChI is InChI=1S/C45H85NO4/c1-3-5-7-9-11-13-15-17-18-19-20-21-22-23-24-25-26-28-30-32-34-36-38-40-44(49)45(50)46-42(41-47)43(48)39-37-35-33-31-29-27-16-14-12-10-8-6-4-2/h12,14,29,31,37,39,42-44,47-49H,3-11,13,15-28,30,32-36,38,40-41H2,1-2H3,(H,46,50)/b14-12+,31-29+,39-37+. The highest BCUT2D eigenvalue weighted by molar-refractivity contribution is 5.80. The third kappa shape index (κ3) is 35.0.